The maximum absolute atomic E-state index is 11.0. The van der Waals surface area contributed by atoms with Gasteiger partial charge in [0.2, 0.25) is 0 Å². The first kappa shape index (κ1) is 16.4. The van der Waals surface area contributed by atoms with Gasteiger partial charge in [-0.25, -0.2) is 5.01 Å². The van der Waals surface area contributed by atoms with E-state index in [9.17, 15) is 10.1 Å². The minimum atomic E-state index is -0.557. The number of hydrogen-bond acceptors (Lipinski definition) is 5. The second kappa shape index (κ2) is 6.65. The Bertz CT molecular complexity index is 904. The molecular weight excluding hydrogens is 346 g/mol. The van der Waals surface area contributed by atoms with E-state index in [0.717, 1.165) is 16.8 Å². The van der Waals surface area contributed by atoms with Gasteiger partial charge in [0.25, 0.3) is 5.69 Å². The highest BCUT2D eigenvalue weighted by molar-refractivity contribution is 8.13. The number of nitro groups is 1. The molecule has 1 aliphatic heterocycles. The highest BCUT2D eigenvalue weighted by Crippen LogP contribution is 2.50. The molecule has 3 aromatic rings. The molecule has 6 heteroatoms. The zero-order chi connectivity index (χ0) is 18.0. The maximum atomic E-state index is 11.0. The van der Waals surface area contributed by atoms with E-state index in [-0.39, 0.29) is 5.69 Å². The molecule has 0 aromatic heterocycles. The normalized spacial score (nSPS) is 15.2. The van der Waals surface area contributed by atoms with Crippen LogP contribution in [0.3, 0.4) is 0 Å². The lowest BCUT2D eigenvalue weighted by Crippen LogP contribution is -2.38. The maximum Gasteiger partial charge on any atom is 0.269 e. The summed E-state index contributed by atoms with van der Waals surface area (Å²) in [5, 5.41) is 17.5. The number of thioether (sulfide) groups is 1. The Morgan fingerprint density at radius 3 is 1.88 bits per heavy atom. The number of hydrogen-bond donors (Lipinski definition) is 0. The number of nitro benzene ring substituents is 1. The standard InChI is InChI=1S/C20H15N3O2S/c24-23(25)19-13-11-18(12-14-19)22-20(26-15-21-22,16-7-3-1-4-8-16)17-9-5-2-6-10-17/h1-15H. The summed E-state index contributed by atoms with van der Waals surface area (Å²) in [5.41, 5.74) is 4.86. The molecule has 0 fully saturated rings. The van der Waals surface area contributed by atoms with Crippen LogP contribution >= 0.6 is 11.8 Å². The van der Waals surface area contributed by atoms with Gasteiger partial charge >= 0.3 is 0 Å². The van der Waals surface area contributed by atoms with Gasteiger partial charge in [0, 0.05) is 12.1 Å². The fraction of sp³-hybridized carbons (Fsp3) is 0.0500. The number of non-ortho nitro benzene ring substituents is 1. The van der Waals surface area contributed by atoms with Crippen molar-refractivity contribution in [3.05, 3.63) is 106 Å². The first-order valence-electron chi connectivity index (χ1n) is 8.08. The lowest BCUT2D eigenvalue weighted by Gasteiger charge is -2.37. The molecule has 0 unspecified atom stereocenters. The van der Waals surface area contributed by atoms with E-state index < -0.39 is 9.79 Å². The summed E-state index contributed by atoms with van der Waals surface area (Å²) in [7, 11) is 0. The third kappa shape index (κ3) is 2.64. The fourth-order valence-electron chi connectivity index (χ4n) is 3.12. The van der Waals surface area contributed by atoms with Crippen LogP contribution in [0.5, 0.6) is 0 Å². The fourth-order valence-corrected chi connectivity index (χ4v) is 4.21. The van der Waals surface area contributed by atoms with Gasteiger partial charge in [-0.15, -0.1) is 0 Å². The van der Waals surface area contributed by atoms with Crippen LogP contribution in [-0.4, -0.2) is 10.5 Å². The molecule has 5 nitrogen and oxygen atoms in total. The van der Waals surface area contributed by atoms with Gasteiger partial charge < -0.3 is 0 Å². The van der Waals surface area contributed by atoms with Crippen LogP contribution in [0.1, 0.15) is 11.1 Å². The van der Waals surface area contributed by atoms with Crippen molar-refractivity contribution < 1.29 is 4.92 Å². The molecule has 0 aliphatic carbocycles. The second-order valence-electron chi connectivity index (χ2n) is 5.80. The minimum Gasteiger partial charge on any atom is -0.258 e. The lowest BCUT2D eigenvalue weighted by molar-refractivity contribution is -0.384. The largest absolute Gasteiger partial charge is 0.269 e. The van der Waals surface area contributed by atoms with Gasteiger partial charge in [0.1, 0.15) is 0 Å². The summed E-state index contributed by atoms with van der Waals surface area (Å²) < 4.78 is 0. The van der Waals surface area contributed by atoms with Crippen molar-refractivity contribution in [3.8, 4) is 0 Å². The van der Waals surface area contributed by atoms with Gasteiger partial charge in [-0.05, 0) is 23.3 Å². The summed E-state index contributed by atoms with van der Waals surface area (Å²) in [5.74, 6) is 0. The van der Waals surface area contributed by atoms with Crippen molar-refractivity contribution >= 4 is 28.7 Å². The van der Waals surface area contributed by atoms with Crippen LogP contribution in [0.25, 0.3) is 0 Å². The van der Waals surface area contributed by atoms with Crippen LogP contribution in [-0.2, 0) is 4.87 Å². The number of benzene rings is 3. The van der Waals surface area contributed by atoms with Crippen LogP contribution in [0.2, 0.25) is 0 Å². The number of anilines is 1. The van der Waals surface area contributed by atoms with Crippen molar-refractivity contribution in [3.63, 3.8) is 0 Å². The smallest absolute Gasteiger partial charge is 0.258 e. The van der Waals surface area contributed by atoms with Crippen LogP contribution in [0, 0.1) is 10.1 Å². The predicted octanol–water partition coefficient (Wildman–Crippen LogP) is 4.99. The van der Waals surface area contributed by atoms with E-state index in [1.807, 2.05) is 47.0 Å². The summed E-state index contributed by atoms with van der Waals surface area (Å²) in [6.45, 7) is 0. The Labute approximate surface area is 155 Å². The number of hydrazone groups is 1. The molecule has 0 spiro atoms. The molecule has 3 aromatic carbocycles. The molecule has 0 atom stereocenters. The molecule has 1 heterocycles. The highest BCUT2D eigenvalue weighted by Gasteiger charge is 2.44. The Balaban J connectivity index is 1.87. The SMILES string of the molecule is O=[N+]([O-])c1ccc(N2N=CSC2(c2ccccc2)c2ccccc2)cc1. The van der Waals surface area contributed by atoms with Gasteiger partial charge in [-0.1, -0.05) is 72.4 Å². The predicted molar refractivity (Wildman–Crippen MR) is 105 cm³/mol. The molecule has 0 N–H and O–H groups in total. The van der Waals surface area contributed by atoms with E-state index in [1.165, 1.54) is 12.1 Å². The Kier molecular flexibility index (Phi) is 4.18. The molecule has 0 amide bonds. The average Bonchev–Trinajstić information content (AvgIpc) is 3.15. The highest BCUT2D eigenvalue weighted by atomic mass is 32.2. The van der Waals surface area contributed by atoms with Gasteiger partial charge in [0.15, 0.2) is 4.87 Å². The molecule has 0 saturated heterocycles. The van der Waals surface area contributed by atoms with Gasteiger partial charge in [-0.3, -0.25) is 10.1 Å². The Hall–Kier alpha value is -3.12. The van der Waals surface area contributed by atoms with Crippen molar-refractivity contribution in [2.75, 3.05) is 5.01 Å². The van der Waals surface area contributed by atoms with Gasteiger partial charge in [0.05, 0.1) is 16.2 Å². The minimum absolute atomic E-state index is 0.0644. The van der Waals surface area contributed by atoms with Crippen molar-refractivity contribution in [2.45, 2.75) is 4.87 Å². The van der Waals surface area contributed by atoms with E-state index in [2.05, 4.69) is 29.4 Å². The summed E-state index contributed by atoms with van der Waals surface area (Å²) in [6.07, 6.45) is 0. The van der Waals surface area contributed by atoms with E-state index >= 15 is 0 Å². The molecule has 26 heavy (non-hydrogen) atoms. The summed E-state index contributed by atoms with van der Waals surface area (Å²) in [6, 6.07) is 26.8. The molecular formula is C20H15N3O2S. The zero-order valence-corrected chi connectivity index (χ0v) is 14.5. The van der Waals surface area contributed by atoms with E-state index in [0.29, 0.717) is 0 Å². The zero-order valence-electron chi connectivity index (χ0n) is 13.7. The van der Waals surface area contributed by atoms with Crippen molar-refractivity contribution in [2.24, 2.45) is 5.10 Å². The summed E-state index contributed by atoms with van der Waals surface area (Å²) >= 11 is 1.61. The van der Waals surface area contributed by atoms with Gasteiger partial charge in [-0.2, -0.15) is 5.10 Å². The molecule has 0 bridgehead atoms. The molecule has 1 aliphatic rings. The van der Waals surface area contributed by atoms with Crippen LogP contribution in [0.4, 0.5) is 11.4 Å². The first-order valence-corrected chi connectivity index (χ1v) is 8.96. The van der Waals surface area contributed by atoms with Crippen molar-refractivity contribution in [1.29, 1.82) is 0 Å². The number of nitrogens with zero attached hydrogens (tertiary/aromatic N) is 3. The lowest BCUT2D eigenvalue weighted by atomic mass is 9.96. The van der Waals surface area contributed by atoms with E-state index in [4.69, 9.17) is 0 Å². The topological polar surface area (TPSA) is 58.7 Å². The third-order valence-corrected chi connectivity index (χ3v) is 5.50. The average molecular weight is 361 g/mol. The molecule has 0 saturated carbocycles. The Morgan fingerprint density at radius 1 is 0.846 bits per heavy atom. The molecule has 0 radical (unpaired) electrons. The monoisotopic (exact) mass is 361 g/mol. The van der Waals surface area contributed by atoms with E-state index in [1.54, 1.807) is 23.9 Å². The van der Waals surface area contributed by atoms with Crippen LogP contribution < -0.4 is 5.01 Å². The third-order valence-electron chi connectivity index (χ3n) is 4.32. The molecule has 128 valence electrons. The van der Waals surface area contributed by atoms with Crippen molar-refractivity contribution in [1.82, 2.24) is 0 Å². The quantitative estimate of drug-likeness (QED) is 0.485. The molecule has 4 rings (SSSR count). The summed E-state index contributed by atoms with van der Waals surface area (Å²) in [4.78, 5) is 10.0. The Morgan fingerprint density at radius 2 is 1.38 bits per heavy atom. The number of rotatable bonds is 4. The first-order chi connectivity index (χ1) is 12.7. The van der Waals surface area contributed by atoms with Crippen LogP contribution in [0.15, 0.2) is 90.0 Å². The second-order valence-corrected chi connectivity index (χ2v) is 6.84.